The number of hydrogen-bond donors (Lipinski definition) is 3. The van der Waals surface area contributed by atoms with Gasteiger partial charge in [-0.15, -0.1) is 12.4 Å². The molecule has 0 aromatic heterocycles. The first-order chi connectivity index (χ1) is 7.52. The molecule has 0 fully saturated rings. The van der Waals surface area contributed by atoms with Crippen molar-refractivity contribution >= 4 is 25.0 Å². The Morgan fingerprint density at radius 2 is 1.76 bits per heavy atom. The Morgan fingerprint density at radius 3 is 2.24 bits per heavy atom. The van der Waals surface area contributed by atoms with Crippen LogP contribution in [0.2, 0.25) is 0 Å². The number of benzene rings is 1. The van der Waals surface area contributed by atoms with Gasteiger partial charge in [-0.05, 0) is 17.9 Å². The normalized spacial score (nSPS) is 16.1. The second-order valence-corrected chi connectivity index (χ2v) is 5.20. The predicted molar refractivity (Wildman–Crippen MR) is 78.9 cm³/mol. The van der Waals surface area contributed by atoms with Crippen LogP contribution in [0.4, 0.5) is 0 Å². The highest BCUT2D eigenvalue weighted by Gasteiger charge is 2.24. The van der Waals surface area contributed by atoms with Crippen LogP contribution >= 0.6 is 25.0 Å². The lowest BCUT2D eigenvalue weighted by atomic mass is 9.95. The first-order valence-electron chi connectivity index (χ1n) is 5.69. The van der Waals surface area contributed by atoms with E-state index in [-0.39, 0.29) is 23.7 Å². The number of aliphatic hydroxyl groups excluding tert-OH is 1. The van der Waals surface area contributed by atoms with Crippen molar-refractivity contribution in [2.45, 2.75) is 37.7 Å². The Bertz CT molecular complexity index is 308. The van der Waals surface area contributed by atoms with Crippen LogP contribution in [0.15, 0.2) is 30.3 Å². The fraction of sp³-hybridized carbons (Fsp3) is 0.538. The minimum atomic E-state index is -0.604. The molecule has 0 radical (unpaired) electrons. The molecule has 3 N–H and O–H groups in total. The van der Waals surface area contributed by atoms with Crippen molar-refractivity contribution in [1.29, 1.82) is 0 Å². The molecule has 4 heteroatoms. The van der Waals surface area contributed by atoms with Crippen LogP contribution in [0.25, 0.3) is 0 Å². The van der Waals surface area contributed by atoms with Gasteiger partial charge in [0.2, 0.25) is 0 Å². The zero-order valence-electron chi connectivity index (χ0n) is 10.3. The molecular formula is C13H22ClNOS. The molecule has 3 atom stereocenters. The molecule has 2 nitrogen and oxygen atoms in total. The first kappa shape index (κ1) is 16.8. The maximum absolute atomic E-state index is 10.1. The summed E-state index contributed by atoms with van der Waals surface area (Å²) in [5.41, 5.74) is 6.97. The maximum atomic E-state index is 10.1. The SMILES string of the molecule is CC(C)CC(N)C(O)C(S)c1ccccc1.Cl. The lowest BCUT2D eigenvalue weighted by molar-refractivity contribution is 0.132. The van der Waals surface area contributed by atoms with E-state index in [1.165, 1.54) is 0 Å². The van der Waals surface area contributed by atoms with Gasteiger partial charge in [-0.3, -0.25) is 0 Å². The fourth-order valence-electron chi connectivity index (χ4n) is 1.77. The van der Waals surface area contributed by atoms with Gasteiger partial charge in [0.15, 0.2) is 0 Å². The number of thiol groups is 1. The van der Waals surface area contributed by atoms with Gasteiger partial charge in [-0.25, -0.2) is 0 Å². The molecule has 0 aliphatic carbocycles. The van der Waals surface area contributed by atoms with Crippen molar-refractivity contribution in [2.24, 2.45) is 11.7 Å². The fourth-order valence-corrected chi connectivity index (χ4v) is 2.16. The van der Waals surface area contributed by atoms with Gasteiger partial charge in [0.25, 0.3) is 0 Å². The van der Waals surface area contributed by atoms with E-state index in [4.69, 9.17) is 5.73 Å². The van der Waals surface area contributed by atoms with Crippen LogP contribution < -0.4 is 5.73 Å². The second-order valence-electron chi connectivity index (χ2n) is 4.64. The molecule has 0 saturated carbocycles. The lowest BCUT2D eigenvalue weighted by Crippen LogP contribution is -2.38. The Balaban J connectivity index is 0.00000256. The molecule has 0 aliphatic rings. The van der Waals surface area contributed by atoms with E-state index in [1.807, 2.05) is 30.3 Å². The summed E-state index contributed by atoms with van der Waals surface area (Å²) >= 11 is 4.45. The molecule has 1 rings (SSSR count). The highest BCUT2D eigenvalue weighted by atomic mass is 35.5. The third-order valence-electron chi connectivity index (χ3n) is 2.65. The molecule has 0 amide bonds. The Hall–Kier alpha value is -0.220. The largest absolute Gasteiger partial charge is 0.390 e. The molecule has 0 saturated heterocycles. The lowest BCUT2D eigenvalue weighted by Gasteiger charge is -2.25. The molecule has 0 bridgehead atoms. The molecule has 3 unspecified atom stereocenters. The molecule has 17 heavy (non-hydrogen) atoms. The van der Waals surface area contributed by atoms with Crippen LogP contribution in [-0.2, 0) is 0 Å². The first-order valence-corrected chi connectivity index (χ1v) is 6.20. The van der Waals surface area contributed by atoms with E-state index in [0.29, 0.717) is 5.92 Å². The van der Waals surface area contributed by atoms with Crippen LogP contribution in [0.3, 0.4) is 0 Å². The highest BCUT2D eigenvalue weighted by molar-refractivity contribution is 7.80. The summed E-state index contributed by atoms with van der Waals surface area (Å²) in [6.07, 6.45) is 0.207. The molecule has 1 aromatic carbocycles. The van der Waals surface area contributed by atoms with Crippen LogP contribution in [0.5, 0.6) is 0 Å². The van der Waals surface area contributed by atoms with Gasteiger partial charge in [0, 0.05) is 6.04 Å². The van der Waals surface area contributed by atoms with Gasteiger partial charge in [0.05, 0.1) is 11.4 Å². The summed E-state index contributed by atoms with van der Waals surface area (Å²) in [7, 11) is 0. The molecular weight excluding hydrogens is 254 g/mol. The van der Waals surface area contributed by atoms with Crippen molar-refractivity contribution in [3.05, 3.63) is 35.9 Å². The van der Waals surface area contributed by atoms with E-state index in [9.17, 15) is 5.11 Å². The molecule has 1 aromatic rings. The van der Waals surface area contributed by atoms with E-state index in [0.717, 1.165) is 12.0 Å². The molecule has 98 valence electrons. The third-order valence-corrected chi connectivity index (χ3v) is 3.25. The predicted octanol–water partition coefficient (Wildman–Crippen LogP) is 2.81. The summed E-state index contributed by atoms with van der Waals surface area (Å²) < 4.78 is 0. The van der Waals surface area contributed by atoms with Crippen molar-refractivity contribution in [1.82, 2.24) is 0 Å². The number of rotatable bonds is 5. The Kier molecular flexibility index (Phi) is 7.88. The average Bonchev–Trinajstić information content (AvgIpc) is 2.27. The zero-order valence-corrected chi connectivity index (χ0v) is 12.0. The molecule has 0 heterocycles. The van der Waals surface area contributed by atoms with Gasteiger partial charge >= 0.3 is 0 Å². The van der Waals surface area contributed by atoms with Gasteiger partial charge in [-0.2, -0.15) is 12.6 Å². The topological polar surface area (TPSA) is 46.2 Å². The minimum absolute atomic E-state index is 0. The zero-order chi connectivity index (χ0) is 12.1. The van der Waals surface area contributed by atoms with E-state index in [1.54, 1.807) is 0 Å². The summed E-state index contributed by atoms with van der Waals surface area (Å²) in [4.78, 5) is 0. The number of hydrogen-bond acceptors (Lipinski definition) is 3. The second kappa shape index (κ2) is 7.98. The van der Waals surface area contributed by atoms with Crippen molar-refractivity contribution < 1.29 is 5.11 Å². The highest BCUT2D eigenvalue weighted by Crippen LogP contribution is 2.26. The standard InChI is InChI=1S/C13H21NOS.ClH/c1-9(2)8-11(14)12(15)13(16)10-6-4-3-5-7-10;/h3-7,9,11-13,15-16H,8,14H2,1-2H3;1H. The summed E-state index contributed by atoms with van der Waals surface area (Å²) in [6.45, 7) is 4.20. The van der Waals surface area contributed by atoms with E-state index >= 15 is 0 Å². The van der Waals surface area contributed by atoms with Gasteiger partial charge < -0.3 is 10.8 Å². The summed E-state index contributed by atoms with van der Waals surface area (Å²) in [6, 6.07) is 9.54. The van der Waals surface area contributed by atoms with Gasteiger partial charge in [-0.1, -0.05) is 44.2 Å². The van der Waals surface area contributed by atoms with Crippen molar-refractivity contribution in [3.63, 3.8) is 0 Å². The molecule has 0 spiro atoms. The van der Waals surface area contributed by atoms with Crippen LogP contribution in [-0.4, -0.2) is 17.3 Å². The number of nitrogens with two attached hydrogens (primary N) is 1. The smallest absolute Gasteiger partial charge is 0.0847 e. The van der Waals surface area contributed by atoms with E-state index in [2.05, 4.69) is 26.5 Å². The van der Waals surface area contributed by atoms with Gasteiger partial charge in [0.1, 0.15) is 0 Å². The number of aliphatic hydroxyl groups is 1. The minimum Gasteiger partial charge on any atom is -0.390 e. The van der Waals surface area contributed by atoms with Crippen molar-refractivity contribution in [3.8, 4) is 0 Å². The van der Waals surface area contributed by atoms with Crippen LogP contribution in [0.1, 0.15) is 31.1 Å². The summed E-state index contributed by atoms with van der Waals surface area (Å²) in [5, 5.41) is 9.87. The quantitative estimate of drug-likeness (QED) is 0.724. The summed E-state index contributed by atoms with van der Waals surface area (Å²) in [5.74, 6) is 0.487. The van der Waals surface area contributed by atoms with Crippen LogP contribution in [0, 0.1) is 5.92 Å². The third kappa shape index (κ3) is 5.30. The maximum Gasteiger partial charge on any atom is 0.0847 e. The monoisotopic (exact) mass is 275 g/mol. The Morgan fingerprint density at radius 1 is 1.24 bits per heavy atom. The van der Waals surface area contributed by atoms with Crippen molar-refractivity contribution in [2.75, 3.05) is 0 Å². The Labute approximate surface area is 115 Å². The average molecular weight is 276 g/mol. The number of halogens is 1. The van der Waals surface area contributed by atoms with E-state index < -0.39 is 6.10 Å². The molecule has 0 aliphatic heterocycles.